The molecule has 0 saturated carbocycles. The zero-order chi connectivity index (χ0) is 8.54. The summed E-state index contributed by atoms with van der Waals surface area (Å²) in [4.78, 5) is 0. The number of nitrogens with two attached hydrogens (primary N) is 2. The fourth-order valence-corrected chi connectivity index (χ4v) is 1.65. The molecule has 0 aliphatic carbocycles. The fourth-order valence-electron chi connectivity index (χ4n) is 0.784. The smallest absolute Gasteiger partial charge is 0.330 e. The highest BCUT2D eigenvalue weighted by atomic mass is 32.3. The molecule has 1 saturated heterocycles. The van der Waals surface area contributed by atoms with Crippen molar-refractivity contribution in [3.05, 3.63) is 0 Å². The summed E-state index contributed by atoms with van der Waals surface area (Å²) in [5, 5.41) is 0. The lowest BCUT2D eigenvalue weighted by Crippen LogP contribution is -2.57. The summed E-state index contributed by atoms with van der Waals surface area (Å²) in [6, 6.07) is 0. The van der Waals surface area contributed by atoms with Gasteiger partial charge in [0.05, 0.1) is 0 Å². The highest BCUT2D eigenvalue weighted by molar-refractivity contribution is 7.82. The summed E-state index contributed by atoms with van der Waals surface area (Å²) in [5.41, 5.74) is 10.5. The van der Waals surface area contributed by atoms with Crippen molar-refractivity contribution in [2.45, 2.75) is 18.8 Å². The molecule has 1 aliphatic heterocycles. The van der Waals surface area contributed by atoms with E-state index >= 15 is 0 Å². The van der Waals surface area contributed by atoms with Gasteiger partial charge in [0.25, 0.3) is 5.91 Å². The van der Waals surface area contributed by atoms with Crippen LogP contribution in [0.2, 0.25) is 0 Å². The first-order valence-corrected chi connectivity index (χ1v) is 4.46. The zero-order valence-electron chi connectivity index (χ0n) is 5.82. The van der Waals surface area contributed by atoms with Crippen LogP contribution in [-0.2, 0) is 18.8 Å². The van der Waals surface area contributed by atoms with Gasteiger partial charge in [0.2, 0.25) is 0 Å². The Labute approximate surface area is 64.8 Å². The minimum atomic E-state index is -3.79. The molecular formula is C4H10N2O4S. The molecule has 0 unspecified atom stereocenters. The summed E-state index contributed by atoms with van der Waals surface area (Å²) >= 11 is 0. The SMILES string of the molecule is NCCCC1(N)OS(=O)(=O)O1. The molecule has 0 aromatic carbocycles. The second-order valence-electron chi connectivity index (χ2n) is 2.28. The average Bonchev–Trinajstić information content (AvgIpc) is 1.79. The Bertz CT molecular complexity index is 224. The summed E-state index contributed by atoms with van der Waals surface area (Å²) in [6.45, 7) is 0.422. The van der Waals surface area contributed by atoms with E-state index in [9.17, 15) is 8.42 Å². The van der Waals surface area contributed by atoms with E-state index in [0.29, 0.717) is 13.0 Å². The van der Waals surface area contributed by atoms with E-state index in [-0.39, 0.29) is 6.42 Å². The maximum absolute atomic E-state index is 10.3. The Kier molecular flexibility index (Phi) is 2.17. The van der Waals surface area contributed by atoms with Crippen LogP contribution in [0.25, 0.3) is 0 Å². The predicted octanol–water partition coefficient (Wildman–Crippen LogP) is -1.37. The molecule has 1 fully saturated rings. The molecule has 0 bridgehead atoms. The van der Waals surface area contributed by atoms with Crippen LogP contribution in [-0.4, -0.2) is 20.9 Å². The van der Waals surface area contributed by atoms with Crippen LogP contribution in [0.15, 0.2) is 0 Å². The van der Waals surface area contributed by atoms with Crippen LogP contribution in [0.1, 0.15) is 12.8 Å². The number of rotatable bonds is 3. The highest BCUT2D eigenvalue weighted by Gasteiger charge is 2.48. The van der Waals surface area contributed by atoms with Gasteiger partial charge in [-0.2, -0.15) is 16.8 Å². The van der Waals surface area contributed by atoms with E-state index in [1.54, 1.807) is 0 Å². The highest BCUT2D eigenvalue weighted by Crippen LogP contribution is 2.29. The Balaban J connectivity index is 2.37. The number of hydrogen-bond donors (Lipinski definition) is 2. The molecule has 7 heteroatoms. The third kappa shape index (κ3) is 2.11. The van der Waals surface area contributed by atoms with Gasteiger partial charge in [-0.25, -0.2) is 0 Å². The van der Waals surface area contributed by atoms with Gasteiger partial charge in [0, 0.05) is 6.42 Å². The molecule has 66 valence electrons. The summed E-state index contributed by atoms with van der Waals surface area (Å²) < 4.78 is 29.2. The minimum Gasteiger partial charge on any atom is -0.330 e. The van der Waals surface area contributed by atoms with Gasteiger partial charge in [-0.3, -0.25) is 5.73 Å². The Morgan fingerprint density at radius 2 is 1.91 bits per heavy atom. The quantitative estimate of drug-likeness (QED) is 0.558. The molecule has 0 atom stereocenters. The lowest BCUT2D eigenvalue weighted by atomic mass is 10.2. The van der Waals surface area contributed by atoms with Crippen molar-refractivity contribution in [3.8, 4) is 0 Å². The van der Waals surface area contributed by atoms with E-state index in [4.69, 9.17) is 11.5 Å². The molecule has 0 aromatic heterocycles. The van der Waals surface area contributed by atoms with Crippen LogP contribution in [0.5, 0.6) is 0 Å². The third-order valence-corrected chi connectivity index (χ3v) is 2.19. The van der Waals surface area contributed by atoms with Crippen molar-refractivity contribution in [1.29, 1.82) is 0 Å². The monoisotopic (exact) mass is 182 g/mol. The zero-order valence-corrected chi connectivity index (χ0v) is 6.63. The molecule has 1 rings (SSSR count). The second-order valence-corrected chi connectivity index (χ2v) is 3.43. The standard InChI is InChI=1S/C4H10N2O4S/c5-3-1-2-4(6)9-11(7,8)10-4/h1-3,5-6H2. The van der Waals surface area contributed by atoms with Crippen LogP contribution >= 0.6 is 0 Å². The van der Waals surface area contributed by atoms with Gasteiger partial charge in [0.1, 0.15) is 0 Å². The Hall–Kier alpha value is -0.210. The van der Waals surface area contributed by atoms with Gasteiger partial charge in [-0.15, -0.1) is 0 Å². The first-order valence-electron chi connectivity index (χ1n) is 3.13. The molecule has 0 aromatic rings. The second kappa shape index (κ2) is 2.68. The van der Waals surface area contributed by atoms with Crippen molar-refractivity contribution in [3.63, 3.8) is 0 Å². The molecule has 1 heterocycles. The van der Waals surface area contributed by atoms with Crippen LogP contribution in [0, 0.1) is 0 Å². The number of hydrogen-bond acceptors (Lipinski definition) is 6. The first kappa shape index (κ1) is 8.88. The van der Waals surface area contributed by atoms with Crippen molar-refractivity contribution in [2.24, 2.45) is 11.5 Å². The molecule has 6 nitrogen and oxygen atoms in total. The maximum atomic E-state index is 10.3. The topological polar surface area (TPSA) is 105 Å². The van der Waals surface area contributed by atoms with Gasteiger partial charge in [-0.05, 0) is 13.0 Å². The predicted molar refractivity (Wildman–Crippen MR) is 36.3 cm³/mol. The molecule has 0 amide bonds. The van der Waals surface area contributed by atoms with E-state index in [2.05, 4.69) is 8.37 Å². The molecule has 1 aliphatic rings. The summed E-state index contributed by atoms with van der Waals surface area (Å²) in [7, 11) is -3.79. The minimum absolute atomic E-state index is 0.280. The lowest BCUT2D eigenvalue weighted by Gasteiger charge is -2.34. The van der Waals surface area contributed by atoms with E-state index in [0.717, 1.165) is 0 Å². The van der Waals surface area contributed by atoms with Crippen LogP contribution in [0.4, 0.5) is 0 Å². The maximum Gasteiger partial charge on any atom is 0.407 e. The molecule has 0 radical (unpaired) electrons. The van der Waals surface area contributed by atoms with E-state index in [1.165, 1.54) is 0 Å². The van der Waals surface area contributed by atoms with Gasteiger partial charge >= 0.3 is 10.4 Å². The molecule has 11 heavy (non-hydrogen) atoms. The van der Waals surface area contributed by atoms with E-state index < -0.39 is 16.3 Å². The first-order chi connectivity index (χ1) is 4.97. The average molecular weight is 182 g/mol. The summed E-state index contributed by atoms with van der Waals surface area (Å²) in [6.07, 6.45) is 0.842. The van der Waals surface area contributed by atoms with Crippen LogP contribution in [0.3, 0.4) is 0 Å². The molecule has 4 N–H and O–H groups in total. The largest absolute Gasteiger partial charge is 0.407 e. The lowest BCUT2D eigenvalue weighted by molar-refractivity contribution is -0.187. The molecular weight excluding hydrogens is 172 g/mol. The molecule has 0 spiro atoms. The Morgan fingerprint density at radius 1 is 1.36 bits per heavy atom. The van der Waals surface area contributed by atoms with E-state index in [1.807, 2.05) is 0 Å². The van der Waals surface area contributed by atoms with Crippen LogP contribution < -0.4 is 11.5 Å². The van der Waals surface area contributed by atoms with Crippen molar-refractivity contribution >= 4 is 10.4 Å². The van der Waals surface area contributed by atoms with Crippen molar-refractivity contribution in [2.75, 3.05) is 6.54 Å². The Morgan fingerprint density at radius 3 is 2.27 bits per heavy atom. The van der Waals surface area contributed by atoms with Crippen molar-refractivity contribution < 1.29 is 16.8 Å². The van der Waals surface area contributed by atoms with Crippen molar-refractivity contribution in [1.82, 2.24) is 0 Å². The summed E-state index contributed by atoms with van der Waals surface area (Å²) in [5.74, 6) is -1.46. The fraction of sp³-hybridized carbons (Fsp3) is 1.00. The van der Waals surface area contributed by atoms with Gasteiger partial charge in [-0.1, -0.05) is 0 Å². The normalized spacial score (nSPS) is 26.0. The van der Waals surface area contributed by atoms with Gasteiger partial charge in [0.15, 0.2) is 0 Å². The van der Waals surface area contributed by atoms with Gasteiger partial charge < -0.3 is 5.73 Å². The third-order valence-electron chi connectivity index (χ3n) is 1.22.